The average Bonchev–Trinajstić information content (AvgIpc) is 3.07. The summed E-state index contributed by atoms with van der Waals surface area (Å²) in [6, 6.07) is 13.9. The predicted octanol–water partition coefficient (Wildman–Crippen LogP) is 3.19. The smallest absolute Gasteiger partial charge is 0.261 e. The van der Waals surface area contributed by atoms with Crippen LogP contribution in [0.15, 0.2) is 53.7 Å². The van der Waals surface area contributed by atoms with E-state index in [1.165, 1.54) is 18.9 Å². The van der Waals surface area contributed by atoms with Crippen molar-refractivity contribution < 1.29 is 14.3 Å². The number of carbonyl (C=O) groups is 2. The highest BCUT2D eigenvalue weighted by molar-refractivity contribution is 7.99. The van der Waals surface area contributed by atoms with Crippen LogP contribution in [-0.2, 0) is 11.8 Å². The number of aromatic nitrogens is 3. The summed E-state index contributed by atoms with van der Waals surface area (Å²) in [5.74, 6) is 0.138. The van der Waals surface area contributed by atoms with Gasteiger partial charge in [-0.25, -0.2) is 0 Å². The number of nitrogens with zero attached hydrogens (tertiary/aromatic N) is 3. The first-order chi connectivity index (χ1) is 13.5. The molecule has 1 N–H and O–H groups in total. The molecule has 0 fully saturated rings. The quantitative estimate of drug-likeness (QED) is 0.621. The SMILES string of the molecule is COc1ccccc1C(=O)NC(=O)CSc1nnc(-c2ccc(Cl)cc2)n1C. The zero-order chi connectivity index (χ0) is 20.1. The maximum absolute atomic E-state index is 12.3. The number of para-hydroxylation sites is 1. The molecule has 3 rings (SSSR count). The second kappa shape index (κ2) is 8.90. The van der Waals surface area contributed by atoms with Gasteiger partial charge in [0.15, 0.2) is 11.0 Å². The number of thioether (sulfide) groups is 1. The van der Waals surface area contributed by atoms with E-state index >= 15 is 0 Å². The minimum atomic E-state index is -0.511. The topological polar surface area (TPSA) is 86.1 Å². The first kappa shape index (κ1) is 19.9. The fourth-order valence-electron chi connectivity index (χ4n) is 2.48. The highest BCUT2D eigenvalue weighted by Crippen LogP contribution is 2.24. The summed E-state index contributed by atoms with van der Waals surface area (Å²) in [6.07, 6.45) is 0. The first-order valence-electron chi connectivity index (χ1n) is 8.25. The lowest BCUT2D eigenvalue weighted by atomic mass is 10.2. The van der Waals surface area contributed by atoms with Gasteiger partial charge in [0.2, 0.25) is 5.91 Å². The molecule has 0 unspecified atom stereocenters. The number of amides is 2. The summed E-state index contributed by atoms with van der Waals surface area (Å²) in [4.78, 5) is 24.4. The largest absolute Gasteiger partial charge is 0.496 e. The van der Waals surface area contributed by atoms with E-state index in [1.54, 1.807) is 41.0 Å². The maximum Gasteiger partial charge on any atom is 0.261 e. The molecule has 9 heteroatoms. The van der Waals surface area contributed by atoms with Gasteiger partial charge in [0.1, 0.15) is 5.75 Å². The van der Waals surface area contributed by atoms with Crippen LogP contribution in [0.5, 0.6) is 5.75 Å². The van der Waals surface area contributed by atoms with Gasteiger partial charge >= 0.3 is 0 Å². The Hall–Kier alpha value is -2.84. The van der Waals surface area contributed by atoms with E-state index in [-0.39, 0.29) is 5.75 Å². The Kier molecular flexibility index (Phi) is 6.33. The molecule has 0 saturated heterocycles. The first-order valence-corrected chi connectivity index (χ1v) is 9.61. The zero-order valence-electron chi connectivity index (χ0n) is 15.2. The van der Waals surface area contributed by atoms with Gasteiger partial charge in [-0.2, -0.15) is 0 Å². The zero-order valence-corrected chi connectivity index (χ0v) is 16.8. The number of rotatable bonds is 6. The summed E-state index contributed by atoms with van der Waals surface area (Å²) < 4.78 is 6.92. The van der Waals surface area contributed by atoms with Gasteiger partial charge < -0.3 is 9.30 Å². The van der Waals surface area contributed by atoms with Crippen LogP contribution in [0.2, 0.25) is 5.02 Å². The van der Waals surface area contributed by atoms with Crippen LogP contribution in [0.25, 0.3) is 11.4 Å². The molecular formula is C19H17ClN4O3S. The molecule has 0 spiro atoms. The van der Waals surface area contributed by atoms with E-state index in [2.05, 4.69) is 15.5 Å². The van der Waals surface area contributed by atoms with Crippen LogP contribution in [0.4, 0.5) is 0 Å². The van der Waals surface area contributed by atoms with Crippen molar-refractivity contribution in [3.8, 4) is 17.1 Å². The molecule has 0 saturated carbocycles. The van der Waals surface area contributed by atoms with Gasteiger partial charge in [-0.05, 0) is 36.4 Å². The molecule has 2 amide bonds. The monoisotopic (exact) mass is 416 g/mol. The highest BCUT2D eigenvalue weighted by atomic mass is 35.5. The Morgan fingerprint density at radius 3 is 2.57 bits per heavy atom. The van der Waals surface area contributed by atoms with Gasteiger partial charge in [-0.15, -0.1) is 10.2 Å². The molecule has 2 aromatic carbocycles. The molecule has 0 aliphatic rings. The van der Waals surface area contributed by atoms with E-state index in [1.807, 2.05) is 19.2 Å². The Balaban J connectivity index is 1.62. The lowest BCUT2D eigenvalue weighted by molar-refractivity contribution is -0.117. The third-order valence-corrected chi connectivity index (χ3v) is 5.15. The standard InChI is InChI=1S/C19H17ClN4O3S/c1-24-17(12-7-9-13(20)10-8-12)22-23-19(24)28-11-16(25)21-18(26)14-5-3-4-6-15(14)27-2/h3-10H,11H2,1-2H3,(H,21,25,26). The average molecular weight is 417 g/mol. The lowest BCUT2D eigenvalue weighted by Gasteiger charge is -2.08. The molecular weight excluding hydrogens is 400 g/mol. The number of imide groups is 1. The van der Waals surface area contributed by atoms with Crippen molar-refractivity contribution in [1.82, 2.24) is 20.1 Å². The number of methoxy groups -OCH3 is 1. The van der Waals surface area contributed by atoms with Crippen LogP contribution < -0.4 is 10.1 Å². The molecule has 1 aromatic heterocycles. The third-order valence-electron chi connectivity index (χ3n) is 3.87. The molecule has 3 aromatic rings. The molecule has 144 valence electrons. The van der Waals surface area contributed by atoms with Crippen molar-refractivity contribution in [2.45, 2.75) is 5.16 Å². The fourth-order valence-corrected chi connectivity index (χ4v) is 3.32. The van der Waals surface area contributed by atoms with Gasteiger partial charge in [-0.3, -0.25) is 14.9 Å². The molecule has 0 radical (unpaired) electrons. The molecule has 0 atom stereocenters. The minimum Gasteiger partial charge on any atom is -0.496 e. The minimum absolute atomic E-state index is 0.0213. The van der Waals surface area contributed by atoms with E-state index in [9.17, 15) is 9.59 Å². The van der Waals surface area contributed by atoms with Crippen molar-refractivity contribution >= 4 is 35.2 Å². The van der Waals surface area contributed by atoms with Gasteiger partial charge in [-0.1, -0.05) is 35.5 Å². The van der Waals surface area contributed by atoms with Crippen LogP contribution in [-0.4, -0.2) is 39.4 Å². The molecule has 1 heterocycles. The number of hydrogen-bond acceptors (Lipinski definition) is 6. The van der Waals surface area contributed by atoms with Crippen molar-refractivity contribution in [2.75, 3.05) is 12.9 Å². The van der Waals surface area contributed by atoms with Gasteiger partial charge in [0.25, 0.3) is 5.91 Å². The van der Waals surface area contributed by atoms with E-state index in [4.69, 9.17) is 16.3 Å². The summed E-state index contributed by atoms with van der Waals surface area (Å²) in [5.41, 5.74) is 1.16. The van der Waals surface area contributed by atoms with Crippen molar-refractivity contribution in [1.29, 1.82) is 0 Å². The number of halogens is 1. The summed E-state index contributed by atoms with van der Waals surface area (Å²) >= 11 is 7.10. The van der Waals surface area contributed by atoms with Crippen LogP contribution >= 0.6 is 23.4 Å². The van der Waals surface area contributed by atoms with Crippen LogP contribution in [0.3, 0.4) is 0 Å². The second-order valence-electron chi connectivity index (χ2n) is 5.74. The van der Waals surface area contributed by atoms with E-state index < -0.39 is 11.8 Å². The number of benzene rings is 2. The number of hydrogen-bond donors (Lipinski definition) is 1. The Bertz CT molecular complexity index is 1000. The highest BCUT2D eigenvalue weighted by Gasteiger charge is 2.17. The van der Waals surface area contributed by atoms with Crippen molar-refractivity contribution in [2.24, 2.45) is 7.05 Å². The van der Waals surface area contributed by atoms with Crippen LogP contribution in [0.1, 0.15) is 10.4 Å². The summed E-state index contributed by atoms with van der Waals surface area (Å²) in [6.45, 7) is 0. The molecule has 7 nitrogen and oxygen atoms in total. The normalized spacial score (nSPS) is 10.5. The van der Waals surface area contributed by atoms with Gasteiger partial charge in [0, 0.05) is 17.6 Å². The molecule has 0 aliphatic heterocycles. The van der Waals surface area contributed by atoms with E-state index in [0.29, 0.717) is 27.3 Å². The third kappa shape index (κ3) is 4.52. The van der Waals surface area contributed by atoms with Crippen molar-refractivity contribution in [3.05, 3.63) is 59.1 Å². The van der Waals surface area contributed by atoms with E-state index in [0.717, 1.165) is 5.56 Å². The molecule has 0 aliphatic carbocycles. The second-order valence-corrected chi connectivity index (χ2v) is 7.12. The summed E-state index contributed by atoms with van der Waals surface area (Å²) in [5, 5.41) is 11.8. The fraction of sp³-hybridized carbons (Fsp3) is 0.158. The Labute approximate surface area is 171 Å². The predicted molar refractivity (Wildman–Crippen MR) is 108 cm³/mol. The lowest BCUT2D eigenvalue weighted by Crippen LogP contribution is -2.32. The number of carbonyl (C=O) groups excluding carboxylic acids is 2. The number of ether oxygens (including phenoxy) is 1. The number of nitrogens with one attached hydrogen (secondary N) is 1. The Morgan fingerprint density at radius 2 is 1.86 bits per heavy atom. The maximum atomic E-state index is 12.3. The summed E-state index contributed by atoms with van der Waals surface area (Å²) in [7, 11) is 3.28. The molecule has 28 heavy (non-hydrogen) atoms. The van der Waals surface area contributed by atoms with Crippen molar-refractivity contribution in [3.63, 3.8) is 0 Å². The van der Waals surface area contributed by atoms with Crippen LogP contribution in [0, 0.1) is 0 Å². The molecule has 0 bridgehead atoms. The van der Waals surface area contributed by atoms with Gasteiger partial charge in [0.05, 0.1) is 18.4 Å². The Morgan fingerprint density at radius 1 is 1.14 bits per heavy atom.